The van der Waals surface area contributed by atoms with Gasteiger partial charge in [-0.2, -0.15) is 14.9 Å². The van der Waals surface area contributed by atoms with Crippen molar-refractivity contribution in [2.75, 3.05) is 0 Å². The molecule has 0 aliphatic heterocycles. The molecule has 4 rings (SSSR count). The van der Waals surface area contributed by atoms with Crippen LogP contribution < -0.4 is 0 Å². The second-order valence-electron chi connectivity index (χ2n) is 5.65. The molecule has 104 valence electrons. The van der Waals surface area contributed by atoms with Gasteiger partial charge in [-0.05, 0) is 32.3 Å². The Morgan fingerprint density at radius 3 is 2.81 bits per heavy atom. The van der Waals surface area contributed by atoms with Crippen LogP contribution in [0.15, 0.2) is 18.2 Å². The minimum atomic E-state index is 0.542. The second kappa shape index (κ2) is 4.40. The summed E-state index contributed by atoms with van der Waals surface area (Å²) in [5.41, 5.74) is 4.66. The standard InChI is InChI=1S/C16H14N4S/c1-9-3-6-12(10(2)7-9)14-13(8-17)20-16(18-14)21-15(19-20)11-4-5-11/h3,6-7,11H,4-5H2,1-2H3. The number of hydrogen-bond donors (Lipinski definition) is 0. The number of aryl methyl sites for hydroxylation is 2. The van der Waals surface area contributed by atoms with Crippen molar-refractivity contribution in [1.82, 2.24) is 14.6 Å². The zero-order valence-electron chi connectivity index (χ0n) is 11.9. The molecule has 0 amide bonds. The maximum Gasteiger partial charge on any atom is 0.214 e. The summed E-state index contributed by atoms with van der Waals surface area (Å²) in [6.45, 7) is 4.12. The van der Waals surface area contributed by atoms with E-state index in [2.05, 4.69) is 42.1 Å². The molecule has 1 aliphatic carbocycles. The first-order valence-corrected chi connectivity index (χ1v) is 7.86. The number of rotatable bonds is 2. The highest BCUT2D eigenvalue weighted by molar-refractivity contribution is 7.16. The SMILES string of the molecule is Cc1ccc(-c2nc3sc(C4CC4)nn3c2C#N)c(C)c1. The van der Waals surface area contributed by atoms with Crippen LogP contribution in [0.2, 0.25) is 0 Å². The largest absolute Gasteiger partial charge is 0.216 e. The molecule has 0 N–H and O–H groups in total. The first-order valence-electron chi connectivity index (χ1n) is 7.04. The van der Waals surface area contributed by atoms with Gasteiger partial charge in [0.1, 0.15) is 16.8 Å². The fraction of sp³-hybridized carbons (Fsp3) is 0.312. The predicted molar refractivity (Wildman–Crippen MR) is 82.5 cm³/mol. The smallest absolute Gasteiger partial charge is 0.214 e. The molecule has 2 heterocycles. The third kappa shape index (κ3) is 1.95. The summed E-state index contributed by atoms with van der Waals surface area (Å²) in [5, 5.41) is 15.2. The fourth-order valence-corrected chi connectivity index (χ4v) is 3.69. The molecule has 1 saturated carbocycles. The minimum Gasteiger partial charge on any atom is -0.216 e. The molecule has 0 saturated heterocycles. The van der Waals surface area contributed by atoms with Gasteiger partial charge in [0.25, 0.3) is 0 Å². The van der Waals surface area contributed by atoms with Crippen molar-refractivity contribution >= 4 is 16.3 Å². The lowest BCUT2D eigenvalue weighted by atomic mass is 10.0. The van der Waals surface area contributed by atoms with Crippen LogP contribution in [0.5, 0.6) is 0 Å². The lowest BCUT2D eigenvalue weighted by molar-refractivity contribution is 0.893. The van der Waals surface area contributed by atoms with E-state index < -0.39 is 0 Å². The zero-order chi connectivity index (χ0) is 14.6. The number of imidazole rings is 1. The van der Waals surface area contributed by atoms with Crippen LogP contribution in [0, 0.1) is 25.2 Å². The van der Waals surface area contributed by atoms with Gasteiger partial charge >= 0.3 is 0 Å². The molecule has 5 heteroatoms. The summed E-state index contributed by atoms with van der Waals surface area (Å²) in [6, 6.07) is 8.49. The Morgan fingerprint density at radius 1 is 1.33 bits per heavy atom. The number of nitriles is 1. The lowest BCUT2D eigenvalue weighted by Crippen LogP contribution is -1.93. The number of fused-ring (bicyclic) bond motifs is 1. The quantitative estimate of drug-likeness (QED) is 0.722. The number of nitrogens with zero attached hydrogens (tertiary/aromatic N) is 4. The van der Waals surface area contributed by atoms with E-state index in [4.69, 9.17) is 0 Å². The molecule has 0 bridgehead atoms. The fourth-order valence-electron chi connectivity index (χ4n) is 2.63. The third-order valence-corrected chi connectivity index (χ3v) is 4.96. The van der Waals surface area contributed by atoms with E-state index in [0.717, 1.165) is 26.8 Å². The van der Waals surface area contributed by atoms with Crippen LogP contribution in [0.4, 0.5) is 0 Å². The third-order valence-electron chi connectivity index (χ3n) is 3.89. The lowest BCUT2D eigenvalue weighted by Gasteiger charge is -2.04. The second-order valence-corrected chi connectivity index (χ2v) is 6.64. The van der Waals surface area contributed by atoms with Crippen molar-refractivity contribution in [1.29, 1.82) is 5.26 Å². The minimum absolute atomic E-state index is 0.542. The molecule has 4 nitrogen and oxygen atoms in total. The molecule has 0 spiro atoms. The van der Waals surface area contributed by atoms with Gasteiger partial charge in [-0.25, -0.2) is 4.98 Å². The number of benzene rings is 1. The maximum absolute atomic E-state index is 9.53. The van der Waals surface area contributed by atoms with Gasteiger partial charge in [-0.15, -0.1) is 0 Å². The molecule has 1 aliphatic rings. The Bertz CT molecular complexity index is 893. The first kappa shape index (κ1) is 12.5. The van der Waals surface area contributed by atoms with Crippen molar-refractivity contribution < 1.29 is 0 Å². The van der Waals surface area contributed by atoms with E-state index >= 15 is 0 Å². The van der Waals surface area contributed by atoms with E-state index in [9.17, 15) is 5.26 Å². The Labute approximate surface area is 126 Å². The molecular weight excluding hydrogens is 280 g/mol. The average molecular weight is 294 g/mol. The van der Waals surface area contributed by atoms with Crippen molar-refractivity contribution in [3.8, 4) is 17.3 Å². The van der Waals surface area contributed by atoms with Gasteiger partial charge in [0.15, 0.2) is 5.69 Å². The molecule has 21 heavy (non-hydrogen) atoms. The first-order chi connectivity index (χ1) is 10.2. The summed E-state index contributed by atoms with van der Waals surface area (Å²) >= 11 is 1.61. The van der Waals surface area contributed by atoms with Crippen molar-refractivity contribution in [3.05, 3.63) is 40.0 Å². The van der Waals surface area contributed by atoms with E-state index in [1.54, 1.807) is 15.9 Å². The van der Waals surface area contributed by atoms with Crippen molar-refractivity contribution in [2.45, 2.75) is 32.6 Å². The number of aromatic nitrogens is 3. The molecule has 0 unspecified atom stereocenters. The highest BCUT2D eigenvalue weighted by Crippen LogP contribution is 2.42. The van der Waals surface area contributed by atoms with E-state index in [0.29, 0.717) is 11.6 Å². The molecule has 1 aromatic carbocycles. The topological polar surface area (TPSA) is 54.0 Å². The van der Waals surface area contributed by atoms with Gasteiger partial charge in [-0.1, -0.05) is 35.1 Å². The normalized spacial score (nSPS) is 14.5. The summed E-state index contributed by atoms with van der Waals surface area (Å²) in [6.07, 6.45) is 2.42. The molecule has 0 radical (unpaired) electrons. The molecular formula is C16H14N4S. The van der Waals surface area contributed by atoms with Gasteiger partial charge in [0.05, 0.1) is 0 Å². The van der Waals surface area contributed by atoms with Crippen molar-refractivity contribution in [3.63, 3.8) is 0 Å². The Kier molecular flexibility index (Phi) is 2.63. The molecule has 1 fully saturated rings. The van der Waals surface area contributed by atoms with Gasteiger partial charge in [0, 0.05) is 11.5 Å². The molecule has 3 aromatic rings. The maximum atomic E-state index is 9.53. The van der Waals surface area contributed by atoms with Crippen LogP contribution in [0.3, 0.4) is 0 Å². The average Bonchev–Trinajstić information content (AvgIpc) is 3.13. The summed E-state index contributed by atoms with van der Waals surface area (Å²) in [5.74, 6) is 0.591. The van der Waals surface area contributed by atoms with Crippen LogP contribution in [0.1, 0.15) is 40.6 Å². The van der Waals surface area contributed by atoms with Gasteiger partial charge in [-0.3, -0.25) is 0 Å². The molecule has 2 aromatic heterocycles. The zero-order valence-corrected chi connectivity index (χ0v) is 12.7. The van der Waals surface area contributed by atoms with Crippen molar-refractivity contribution in [2.24, 2.45) is 0 Å². The Balaban J connectivity index is 1.92. The van der Waals surface area contributed by atoms with E-state index in [1.165, 1.54) is 18.4 Å². The van der Waals surface area contributed by atoms with Crippen LogP contribution >= 0.6 is 11.3 Å². The Morgan fingerprint density at radius 2 is 2.14 bits per heavy atom. The van der Waals surface area contributed by atoms with E-state index in [-0.39, 0.29) is 0 Å². The van der Waals surface area contributed by atoms with Crippen LogP contribution in [-0.2, 0) is 0 Å². The summed E-state index contributed by atoms with van der Waals surface area (Å²) in [7, 11) is 0. The Hall–Kier alpha value is -2.19. The van der Waals surface area contributed by atoms with Gasteiger partial charge in [0.2, 0.25) is 4.96 Å². The van der Waals surface area contributed by atoms with Gasteiger partial charge < -0.3 is 0 Å². The van der Waals surface area contributed by atoms with E-state index in [1.807, 2.05) is 6.07 Å². The molecule has 0 atom stereocenters. The number of hydrogen-bond acceptors (Lipinski definition) is 4. The predicted octanol–water partition coefficient (Wildman–Crippen LogP) is 3.82. The monoisotopic (exact) mass is 294 g/mol. The summed E-state index contributed by atoms with van der Waals surface area (Å²) < 4.78 is 1.72. The van der Waals surface area contributed by atoms with Crippen LogP contribution in [-0.4, -0.2) is 14.6 Å². The highest BCUT2D eigenvalue weighted by Gasteiger charge is 2.29. The highest BCUT2D eigenvalue weighted by atomic mass is 32.1. The van der Waals surface area contributed by atoms with Crippen LogP contribution in [0.25, 0.3) is 16.2 Å². The summed E-state index contributed by atoms with van der Waals surface area (Å²) in [4.78, 5) is 5.49.